The van der Waals surface area contributed by atoms with Crippen molar-refractivity contribution < 1.29 is 13.9 Å². The monoisotopic (exact) mass is 329 g/mol. The Hall–Kier alpha value is -2.76. The maximum absolute atomic E-state index is 14.2. The summed E-state index contributed by atoms with van der Waals surface area (Å²) in [5, 5.41) is 0. The number of fused-ring (bicyclic) bond motifs is 1. The highest BCUT2D eigenvalue weighted by Crippen LogP contribution is 2.20. The number of imidazole rings is 1. The first kappa shape index (κ1) is 17.6. The first-order valence-corrected chi connectivity index (χ1v) is 7.75. The third kappa shape index (κ3) is 3.76. The molecule has 0 spiro atoms. The van der Waals surface area contributed by atoms with Crippen LogP contribution in [0.4, 0.5) is 4.39 Å². The Bertz CT molecular complexity index is 819. The largest absolute Gasteiger partial charge is 0.460 e. The molecule has 0 aliphatic heterocycles. The second kappa shape index (κ2) is 8.19. The second-order valence-corrected chi connectivity index (χ2v) is 4.97. The molecule has 0 radical (unpaired) electrons. The number of allylic oxidation sites excluding steroid dienone is 6. The van der Waals surface area contributed by atoms with E-state index in [0.717, 1.165) is 0 Å². The zero-order chi connectivity index (χ0) is 17.5. The fourth-order valence-corrected chi connectivity index (χ4v) is 2.30. The van der Waals surface area contributed by atoms with Gasteiger partial charge in [-0.05, 0) is 38.5 Å². The van der Waals surface area contributed by atoms with Crippen LogP contribution < -0.4 is 0 Å². The van der Waals surface area contributed by atoms with Gasteiger partial charge >= 0.3 is 5.97 Å². The SMILES string of the molecule is C\C=C/C(F)=C(\C=C/C)Cc1nc(C(=O)OCC)n2cccnc12. The average Bonchev–Trinajstić information content (AvgIpc) is 2.94. The van der Waals surface area contributed by atoms with Crippen molar-refractivity contribution in [2.45, 2.75) is 27.2 Å². The van der Waals surface area contributed by atoms with Gasteiger partial charge in [-0.25, -0.2) is 19.2 Å². The molecule has 6 heteroatoms. The Morgan fingerprint density at radius 2 is 2.08 bits per heavy atom. The van der Waals surface area contributed by atoms with Crippen LogP contribution >= 0.6 is 0 Å². The number of carbonyl (C=O) groups is 1. The highest BCUT2D eigenvalue weighted by atomic mass is 19.1. The van der Waals surface area contributed by atoms with Crippen LogP contribution in [-0.2, 0) is 11.2 Å². The van der Waals surface area contributed by atoms with Crippen LogP contribution in [-0.4, -0.2) is 26.9 Å². The van der Waals surface area contributed by atoms with Crippen molar-refractivity contribution in [2.24, 2.45) is 0 Å². The molecule has 0 saturated heterocycles. The maximum Gasteiger partial charge on any atom is 0.374 e. The number of hydrogen-bond donors (Lipinski definition) is 0. The summed E-state index contributed by atoms with van der Waals surface area (Å²) in [6.07, 6.45) is 9.99. The maximum atomic E-state index is 14.2. The quantitative estimate of drug-likeness (QED) is 0.597. The minimum absolute atomic E-state index is 0.140. The molecule has 0 N–H and O–H groups in total. The smallest absolute Gasteiger partial charge is 0.374 e. The van der Waals surface area contributed by atoms with Crippen molar-refractivity contribution in [2.75, 3.05) is 6.61 Å². The van der Waals surface area contributed by atoms with Gasteiger partial charge in [0.05, 0.1) is 12.3 Å². The van der Waals surface area contributed by atoms with Crippen LogP contribution in [0.5, 0.6) is 0 Å². The molecule has 0 amide bonds. The minimum atomic E-state index is -0.530. The highest BCUT2D eigenvalue weighted by molar-refractivity contribution is 5.87. The summed E-state index contributed by atoms with van der Waals surface area (Å²) in [6.45, 7) is 5.55. The van der Waals surface area contributed by atoms with E-state index in [4.69, 9.17) is 4.74 Å². The van der Waals surface area contributed by atoms with Crippen molar-refractivity contribution in [1.82, 2.24) is 14.4 Å². The molecular formula is C18H20FN3O2. The summed E-state index contributed by atoms with van der Waals surface area (Å²) >= 11 is 0. The van der Waals surface area contributed by atoms with Crippen LogP contribution in [0.3, 0.4) is 0 Å². The molecule has 24 heavy (non-hydrogen) atoms. The number of rotatable bonds is 6. The van der Waals surface area contributed by atoms with E-state index >= 15 is 0 Å². The molecule has 0 aromatic carbocycles. The van der Waals surface area contributed by atoms with Gasteiger partial charge in [0.2, 0.25) is 5.82 Å². The average molecular weight is 329 g/mol. The Morgan fingerprint density at radius 1 is 1.33 bits per heavy atom. The number of carbonyl (C=O) groups excluding carboxylic acids is 1. The summed E-state index contributed by atoms with van der Waals surface area (Å²) in [4.78, 5) is 20.7. The highest BCUT2D eigenvalue weighted by Gasteiger charge is 2.20. The lowest BCUT2D eigenvalue weighted by molar-refractivity contribution is 0.0511. The molecule has 0 saturated carbocycles. The van der Waals surface area contributed by atoms with Gasteiger partial charge in [-0.1, -0.05) is 18.2 Å². The second-order valence-electron chi connectivity index (χ2n) is 4.97. The van der Waals surface area contributed by atoms with E-state index in [1.54, 1.807) is 54.9 Å². The van der Waals surface area contributed by atoms with Crippen molar-refractivity contribution in [1.29, 1.82) is 0 Å². The Labute approximate surface area is 140 Å². The van der Waals surface area contributed by atoms with E-state index in [-0.39, 0.29) is 24.7 Å². The summed E-state index contributed by atoms with van der Waals surface area (Å²) in [6, 6.07) is 1.70. The summed E-state index contributed by atoms with van der Waals surface area (Å²) < 4.78 is 20.8. The first-order valence-electron chi connectivity index (χ1n) is 7.75. The number of aromatic nitrogens is 3. The van der Waals surface area contributed by atoms with E-state index in [9.17, 15) is 9.18 Å². The molecular weight excluding hydrogens is 309 g/mol. The van der Waals surface area contributed by atoms with E-state index in [0.29, 0.717) is 16.9 Å². The van der Waals surface area contributed by atoms with Gasteiger partial charge in [0.1, 0.15) is 5.83 Å². The van der Waals surface area contributed by atoms with E-state index < -0.39 is 5.97 Å². The van der Waals surface area contributed by atoms with Crippen LogP contribution in [0.1, 0.15) is 37.1 Å². The van der Waals surface area contributed by atoms with Gasteiger partial charge < -0.3 is 4.74 Å². The topological polar surface area (TPSA) is 56.5 Å². The number of esters is 1. The zero-order valence-electron chi connectivity index (χ0n) is 14.0. The predicted octanol–water partition coefficient (Wildman–Crippen LogP) is 3.82. The van der Waals surface area contributed by atoms with Crippen molar-refractivity contribution >= 4 is 11.6 Å². The van der Waals surface area contributed by atoms with Crippen LogP contribution in [0.2, 0.25) is 0 Å². The molecule has 0 aliphatic rings. The fraction of sp³-hybridized carbons (Fsp3) is 0.278. The van der Waals surface area contributed by atoms with Gasteiger partial charge in [-0.2, -0.15) is 0 Å². The summed E-state index contributed by atoms with van der Waals surface area (Å²) in [5.41, 5.74) is 1.50. The predicted molar refractivity (Wildman–Crippen MR) is 90.4 cm³/mol. The van der Waals surface area contributed by atoms with Crippen LogP contribution in [0.15, 0.2) is 54.2 Å². The van der Waals surface area contributed by atoms with Crippen molar-refractivity contribution in [3.63, 3.8) is 0 Å². The van der Waals surface area contributed by atoms with Crippen LogP contribution in [0, 0.1) is 0 Å². The van der Waals surface area contributed by atoms with Crippen LogP contribution in [0.25, 0.3) is 5.65 Å². The number of ether oxygens (including phenoxy) is 1. The summed E-state index contributed by atoms with van der Waals surface area (Å²) in [7, 11) is 0. The number of hydrogen-bond acceptors (Lipinski definition) is 4. The van der Waals surface area contributed by atoms with Crippen molar-refractivity contribution in [3.05, 3.63) is 65.7 Å². The summed E-state index contributed by atoms with van der Waals surface area (Å²) in [5.74, 6) is -0.733. The first-order chi connectivity index (χ1) is 11.6. The van der Waals surface area contributed by atoms with Gasteiger partial charge in [0.15, 0.2) is 5.65 Å². The molecule has 2 rings (SSSR count). The standard InChI is InChI=1S/C18H20FN3O2/c1-4-8-13(14(19)9-5-2)12-15-16-20-10-7-11-22(16)17(21-15)18(23)24-6-3/h4-5,7-11H,6,12H2,1-3H3/b8-4-,9-5-,14-13-. The molecule has 2 aromatic rings. The van der Waals surface area contributed by atoms with Gasteiger partial charge in [-0.3, -0.25) is 4.40 Å². The van der Waals surface area contributed by atoms with E-state index in [1.807, 2.05) is 6.92 Å². The molecule has 2 aromatic heterocycles. The number of nitrogens with zero attached hydrogens (tertiary/aromatic N) is 3. The van der Waals surface area contributed by atoms with Crippen molar-refractivity contribution in [3.8, 4) is 0 Å². The fourth-order valence-electron chi connectivity index (χ4n) is 2.30. The third-order valence-electron chi connectivity index (χ3n) is 3.28. The lowest BCUT2D eigenvalue weighted by atomic mass is 10.1. The Morgan fingerprint density at radius 3 is 2.75 bits per heavy atom. The molecule has 0 atom stereocenters. The molecule has 0 aliphatic carbocycles. The Kier molecular flexibility index (Phi) is 6.01. The van der Waals surface area contributed by atoms with Gasteiger partial charge in [0, 0.05) is 18.8 Å². The molecule has 126 valence electrons. The molecule has 5 nitrogen and oxygen atoms in total. The zero-order valence-corrected chi connectivity index (χ0v) is 14.0. The van der Waals surface area contributed by atoms with E-state index in [1.165, 1.54) is 6.08 Å². The minimum Gasteiger partial charge on any atom is -0.460 e. The van der Waals surface area contributed by atoms with Gasteiger partial charge in [-0.15, -0.1) is 0 Å². The molecule has 2 heterocycles. The molecule has 0 bridgehead atoms. The lowest BCUT2D eigenvalue weighted by Gasteiger charge is -2.01. The van der Waals surface area contributed by atoms with Gasteiger partial charge in [0.25, 0.3) is 0 Å². The third-order valence-corrected chi connectivity index (χ3v) is 3.28. The van der Waals surface area contributed by atoms with E-state index in [2.05, 4.69) is 9.97 Å². The Balaban J connectivity index is 2.52. The molecule has 0 fully saturated rings. The lowest BCUT2D eigenvalue weighted by Crippen LogP contribution is -2.09. The molecule has 0 unspecified atom stereocenters. The normalized spacial score (nSPS) is 13.0. The number of halogens is 1.